The Labute approximate surface area is 148 Å². The van der Waals surface area contributed by atoms with Gasteiger partial charge in [-0.15, -0.1) is 0 Å². The van der Waals surface area contributed by atoms with Crippen molar-refractivity contribution < 1.29 is 5.11 Å². The number of benzene rings is 3. The highest BCUT2D eigenvalue weighted by Crippen LogP contribution is 2.31. The van der Waals surface area contributed by atoms with Gasteiger partial charge in [0.1, 0.15) is 6.04 Å². The van der Waals surface area contributed by atoms with Crippen LogP contribution in [0.15, 0.2) is 91.0 Å². The Morgan fingerprint density at radius 2 is 1.12 bits per heavy atom. The Hall–Kier alpha value is -2.93. The minimum atomic E-state index is -0.761. The third-order valence-electron chi connectivity index (χ3n) is 4.22. The molecule has 0 aliphatic carbocycles. The third-order valence-corrected chi connectivity index (χ3v) is 4.22. The molecular weight excluding hydrogens is 308 g/mol. The van der Waals surface area contributed by atoms with Gasteiger partial charge < -0.3 is 5.11 Å². The van der Waals surface area contributed by atoms with E-state index in [1.54, 1.807) is 0 Å². The number of nitrogens with one attached hydrogen (secondary N) is 1. The van der Waals surface area contributed by atoms with Gasteiger partial charge in [-0.3, -0.25) is 5.32 Å². The van der Waals surface area contributed by atoms with Crippen molar-refractivity contribution in [1.29, 1.82) is 5.26 Å². The van der Waals surface area contributed by atoms with Crippen LogP contribution in [-0.2, 0) is 0 Å². The van der Waals surface area contributed by atoms with Crippen molar-refractivity contribution in [2.24, 2.45) is 0 Å². The molecule has 0 spiro atoms. The smallest absolute Gasteiger partial charge is 0.121 e. The molecule has 3 aromatic carbocycles. The topological polar surface area (TPSA) is 56.0 Å². The van der Waals surface area contributed by atoms with Crippen molar-refractivity contribution >= 4 is 0 Å². The molecule has 3 heteroatoms. The van der Waals surface area contributed by atoms with E-state index < -0.39 is 18.2 Å². The molecule has 0 heterocycles. The maximum absolute atomic E-state index is 11.0. The molecule has 0 unspecified atom stereocenters. The minimum absolute atomic E-state index is 0.395. The number of nitriles is 1. The lowest BCUT2D eigenvalue weighted by atomic mass is 9.94. The average Bonchev–Trinajstić information content (AvgIpc) is 2.70. The van der Waals surface area contributed by atoms with Gasteiger partial charge in [0.2, 0.25) is 0 Å². The molecule has 0 aromatic heterocycles. The second-order valence-electron chi connectivity index (χ2n) is 5.88. The summed E-state index contributed by atoms with van der Waals surface area (Å²) in [6.07, 6.45) is -0.761. The van der Waals surface area contributed by atoms with E-state index in [1.165, 1.54) is 0 Å². The van der Waals surface area contributed by atoms with Crippen molar-refractivity contribution in [2.45, 2.75) is 18.2 Å². The Balaban J connectivity index is 1.93. The fraction of sp³-hybridized carbons (Fsp3) is 0.136. The molecule has 0 aliphatic heterocycles. The SMILES string of the molecule is N#C[C@H](N[C@H](c1ccccc1)[C@@H](O)c1ccccc1)c1ccccc1. The maximum atomic E-state index is 11.0. The van der Waals surface area contributed by atoms with Crippen LogP contribution in [0.4, 0.5) is 0 Å². The van der Waals surface area contributed by atoms with E-state index in [0.717, 1.165) is 16.7 Å². The van der Waals surface area contributed by atoms with Crippen molar-refractivity contribution in [2.75, 3.05) is 0 Å². The third kappa shape index (κ3) is 4.13. The molecule has 0 fully saturated rings. The number of hydrogen-bond acceptors (Lipinski definition) is 3. The zero-order chi connectivity index (χ0) is 17.5. The zero-order valence-electron chi connectivity index (χ0n) is 13.8. The first kappa shape index (κ1) is 16.9. The van der Waals surface area contributed by atoms with E-state index in [-0.39, 0.29) is 0 Å². The molecule has 2 N–H and O–H groups in total. The molecule has 25 heavy (non-hydrogen) atoms. The van der Waals surface area contributed by atoms with Gasteiger partial charge in [-0.05, 0) is 16.7 Å². The number of rotatable bonds is 6. The summed E-state index contributed by atoms with van der Waals surface area (Å²) in [5.41, 5.74) is 2.63. The minimum Gasteiger partial charge on any atom is -0.386 e. The summed E-state index contributed by atoms with van der Waals surface area (Å²) in [7, 11) is 0. The summed E-state index contributed by atoms with van der Waals surface area (Å²) >= 11 is 0. The van der Waals surface area contributed by atoms with E-state index in [4.69, 9.17) is 0 Å². The second-order valence-corrected chi connectivity index (χ2v) is 5.88. The first-order chi connectivity index (χ1) is 12.3. The van der Waals surface area contributed by atoms with E-state index >= 15 is 0 Å². The molecule has 0 radical (unpaired) electrons. The molecule has 3 nitrogen and oxygen atoms in total. The predicted molar refractivity (Wildman–Crippen MR) is 98.5 cm³/mol. The van der Waals surface area contributed by atoms with Gasteiger partial charge in [0.15, 0.2) is 0 Å². The van der Waals surface area contributed by atoms with Crippen LogP contribution in [0.2, 0.25) is 0 Å². The molecule has 0 aliphatic rings. The monoisotopic (exact) mass is 328 g/mol. The van der Waals surface area contributed by atoms with Crippen molar-refractivity contribution in [1.82, 2.24) is 5.32 Å². The van der Waals surface area contributed by atoms with Crippen LogP contribution in [0.25, 0.3) is 0 Å². The van der Waals surface area contributed by atoms with E-state index in [1.807, 2.05) is 91.0 Å². The van der Waals surface area contributed by atoms with E-state index in [9.17, 15) is 10.4 Å². The molecule has 0 bridgehead atoms. The lowest BCUT2D eigenvalue weighted by Crippen LogP contribution is -2.30. The predicted octanol–water partition coefficient (Wildman–Crippen LogP) is 4.32. The van der Waals surface area contributed by atoms with Crippen LogP contribution in [0.3, 0.4) is 0 Å². The largest absolute Gasteiger partial charge is 0.386 e. The Morgan fingerprint density at radius 3 is 1.60 bits per heavy atom. The molecule has 3 rings (SSSR count). The first-order valence-electron chi connectivity index (χ1n) is 8.28. The molecule has 0 saturated heterocycles. The Kier molecular flexibility index (Phi) is 5.58. The molecule has 3 atom stereocenters. The van der Waals surface area contributed by atoms with Gasteiger partial charge >= 0.3 is 0 Å². The summed E-state index contributed by atoms with van der Waals surface area (Å²) in [4.78, 5) is 0. The number of aliphatic hydroxyl groups excluding tert-OH is 1. The van der Waals surface area contributed by atoms with Crippen LogP contribution in [0.1, 0.15) is 34.9 Å². The number of nitrogens with zero attached hydrogens (tertiary/aromatic N) is 1. The highest BCUT2D eigenvalue weighted by Gasteiger charge is 2.26. The van der Waals surface area contributed by atoms with Crippen molar-refractivity contribution in [3.63, 3.8) is 0 Å². The summed E-state index contributed by atoms with van der Waals surface area (Å²) < 4.78 is 0. The highest BCUT2D eigenvalue weighted by molar-refractivity contribution is 5.29. The van der Waals surface area contributed by atoms with Gasteiger partial charge in [-0.25, -0.2) is 0 Å². The van der Waals surface area contributed by atoms with Crippen LogP contribution in [-0.4, -0.2) is 5.11 Å². The maximum Gasteiger partial charge on any atom is 0.121 e. The van der Waals surface area contributed by atoms with Gasteiger partial charge in [0.25, 0.3) is 0 Å². The van der Waals surface area contributed by atoms with Gasteiger partial charge in [0, 0.05) is 0 Å². The zero-order valence-corrected chi connectivity index (χ0v) is 13.8. The van der Waals surface area contributed by atoms with Crippen LogP contribution in [0, 0.1) is 11.3 Å². The number of hydrogen-bond donors (Lipinski definition) is 2. The summed E-state index contributed by atoms with van der Waals surface area (Å²) in [5.74, 6) is 0. The Morgan fingerprint density at radius 1 is 0.680 bits per heavy atom. The lowest BCUT2D eigenvalue weighted by Gasteiger charge is -2.27. The van der Waals surface area contributed by atoms with Gasteiger partial charge in [-0.2, -0.15) is 5.26 Å². The van der Waals surface area contributed by atoms with E-state index in [2.05, 4.69) is 11.4 Å². The van der Waals surface area contributed by atoms with Crippen molar-refractivity contribution in [3.8, 4) is 6.07 Å². The normalized spacial score (nSPS) is 14.2. The summed E-state index contributed by atoms with van der Waals surface area (Å²) in [5, 5.41) is 23.9. The quantitative estimate of drug-likeness (QED) is 0.709. The molecule has 0 saturated carbocycles. The first-order valence-corrected chi connectivity index (χ1v) is 8.28. The summed E-state index contributed by atoms with van der Waals surface area (Å²) in [6, 6.07) is 30.2. The molecule has 3 aromatic rings. The van der Waals surface area contributed by atoms with Crippen LogP contribution < -0.4 is 5.32 Å². The van der Waals surface area contributed by atoms with E-state index in [0.29, 0.717) is 0 Å². The molecule has 0 amide bonds. The standard InChI is InChI=1S/C22H20N2O/c23-16-20(17-10-4-1-5-11-17)24-21(18-12-6-2-7-13-18)22(25)19-14-8-3-9-15-19/h1-15,20-22,24-25H/t20-,21+,22-/m0/s1. The fourth-order valence-electron chi connectivity index (χ4n) is 2.91. The molecule has 124 valence electrons. The van der Waals surface area contributed by atoms with Gasteiger partial charge in [0.05, 0.1) is 18.2 Å². The highest BCUT2D eigenvalue weighted by atomic mass is 16.3. The molecular formula is C22H20N2O. The fourth-order valence-corrected chi connectivity index (χ4v) is 2.91. The average molecular weight is 328 g/mol. The number of aliphatic hydroxyl groups is 1. The Bertz CT molecular complexity index is 813. The van der Waals surface area contributed by atoms with Crippen LogP contribution in [0.5, 0.6) is 0 Å². The summed E-state index contributed by atoms with van der Waals surface area (Å²) in [6.45, 7) is 0. The van der Waals surface area contributed by atoms with Crippen LogP contribution >= 0.6 is 0 Å². The lowest BCUT2D eigenvalue weighted by molar-refractivity contribution is 0.125. The second kappa shape index (κ2) is 8.25. The van der Waals surface area contributed by atoms with Crippen molar-refractivity contribution in [3.05, 3.63) is 108 Å². The van der Waals surface area contributed by atoms with Gasteiger partial charge in [-0.1, -0.05) is 91.0 Å².